The van der Waals surface area contributed by atoms with Crippen molar-refractivity contribution in [2.24, 2.45) is 0 Å². The van der Waals surface area contributed by atoms with Crippen molar-refractivity contribution in [3.05, 3.63) is 119 Å². The van der Waals surface area contributed by atoms with E-state index in [0.717, 1.165) is 44.5 Å². The lowest BCUT2D eigenvalue weighted by Gasteiger charge is -2.16. The molecule has 34 heavy (non-hydrogen) atoms. The summed E-state index contributed by atoms with van der Waals surface area (Å²) >= 11 is 0. The molecule has 2 aliphatic carbocycles. The first-order valence-corrected chi connectivity index (χ1v) is 11.5. The van der Waals surface area contributed by atoms with Gasteiger partial charge in [-0.1, -0.05) is 97.1 Å². The molecule has 4 heteroatoms. The Morgan fingerprint density at radius 3 is 1.03 bits per heavy atom. The SMILES string of the molecule is O=C(CCC(=O)OC1c2ccccc2-c2ccccc21)OC1c2ccccc2-c2ccccc21. The van der Waals surface area contributed by atoms with Crippen LogP contribution in [0.3, 0.4) is 0 Å². The highest BCUT2D eigenvalue weighted by molar-refractivity contribution is 5.83. The van der Waals surface area contributed by atoms with E-state index in [1.807, 2.05) is 97.1 Å². The summed E-state index contributed by atoms with van der Waals surface area (Å²) in [6.07, 6.45) is -0.972. The lowest BCUT2D eigenvalue weighted by atomic mass is 10.1. The zero-order valence-corrected chi connectivity index (χ0v) is 18.4. The minimum atomic E-state index is -0.454. The van der Waals surface area contributed by atoms with E-state index < -0.39 is 24.1 Å². The van der Waals surface area contributed by atoms with Crippen LogP contribution in [0.1, 0.15) is 47.3 Å². The van der Waals surface area contributed by atoms with Crippen molar-refractivity contribution < 1.29 is 19.1 Å². The van der Waals surface area contributed by atoms with Crippen LogP contribution in [0.5, 0.6) is 0 Å². The Balaban J connectivity index is 1.13. The normalized spacial score (nSPS) is 13.5. The molecule has 4 aromatic rings. The summed E-state index contributed by atoms with van der Waals surface area (Å²) in [5.41, 5.74) is 8.20. The maximum absolute atomic E-state index is 12.7. The van der Waals surface area contributed by atoms with E-state index in [2.05, 4.69) is 0 Å². The van der Waals surface area contributed by atoms with Gasteiger partial charge in [-0.25, -0.2) is 0 Å². The van der Waals surface area contributed by atoms with E-state index in [1.54, 1.807) is 0 Å². The van der Waals surface area contributed by atoms with Gasteiger partial charge in [0.2, 0.25) is 0 Å². The summed E-state index contributed by atoms with van der Waals surface area (Å²) in [5.74, 6) is -0.832. The largest absolute Gasteiger partial charge is 0.452 e. The Bertz CT molecular complexity index is 1220. The Labute approximate surface area is 197 Å². The molecule has 0 spiro atoms. The van der Waals surface area contributed by atoms with Gasteiger partial charge in [0.25, 0.3) is 0 Å². The third-order valence-corrected chi connectivity index (χ3v) is 6.59. The van der Waals surface area contributed by atoms with Crippen molar-refractivity contribution in [2.45, 2.75) is 25.0 Å². The van der Waals surface area contributed by atoms with Gasteiger partial charge in [0.05, 0.1) is 12.8 Å². The molecule has 0 radical (unpaired) electrons. The van der Waals surface area contributed by atoms with Crippen molar-refractivity contribution in [3.8, 4) is 22.3 Å². The van der Waals surface area contributed by atoms with Crippen LogP contribution in [-0.4, -0.2) is 11.9 Å². The fourth-order valence-corrected chi connectivity index (χ4v) is 5.06. The maximum atomic E-state index is 12.7. The Morgan fingerprint density at radius 2 is 0.735 bits per heavy atom. The Hall–Kier alpha value is -4.18. The lowest BCUT2D eigenvalue weighted by Crippen LogP contribution is -2.15. The number of benzene rings is 4. The van der Waals surface area contributed by atoms with Gasteiger partial charge in [-0.3, -0.25) is 9.59 Å². The second kappa shape index (κ2) is 8.31. The van der Waals surface area contributed by atoms with E-state index in [9.17, 15) is 9.59 Å². The number of carbonyl (C=O) groups is 2. The van der Waals surface area contributed by atoms with Gasteiger partial charge < -0.3 is 9.47 Å². The monoisotopic (exact) mass is 446 g/mol. The minimum absolute atomic E-state index is 0.0321. The van der Waals surface area contributed by atoms with E-state index >= 15 is 0 Å². The van der Waals surface area contributed by atoms with Crippen molar-refractivity contribution in [2.75, 3.05) is 0 Å². The van der Waals surface area contributed by atoms with Gasteiger partial charge in [-0.15, -0.1) is 0 Å². The van der Waals surface area contributed by atoms with Crippen LogP contribution in [0.25, 0.3) is 22.3 Å². The molecule has 0 aromatic heterocycles. The minimum Gasteiger partial charge on any atom is -0.452 e. The average Bonchev–Trinajstić information content (AvgIpc) is 3.36. The first-order valence-electron chi connectivity index (χ1n) is 11.5. The van der Waals surface area contributed by atoms with E-state index in [4.69, 9.17) is 9.47 Å². The van der Waals surface area contributed by atoms with Crippen LogP contribution >= 0.6 is 0 Å². The predicted octanol–water partition coefficient (Wildman–Crippen LogP) is 6.39. The van der Waals surface area contributed by atoms with Gasteiger partial charge in [-0.2, -0.15) is 0 Å². The fraction of sp³-hybridized carbons (Fsp3) is 0.133. The van der Waals surface area contributed by atoms with E-state index in [0.29, 0.717) is 0 Å². The number of esters is 2. The number of ether oxygens (including phenoxy) is 2. The number of hydrogen-bond donors (Lipinski definition) is 0. The highest BCUT2D eigenvalue weighted by Crippen LogP contribution is 2.46. The number of fused-ring (bicyclic) bond motifs is 6. The lowest BCUT2D eigenvalue weighted by molar-refractivity contribution is -0.154. The third kappa shape index (κ3) is 3.39. The number of rotatable bonds is 5. The highest BCUT2D eigenvalue weighted by Gasteiger charge is 2.33. The fourth-order valence-electron chi connectivity index (χ4n) is 5.06. The first-order chi connectivity index (χ1) is 16.7. The molecule has 0 N–H and O–H groups in total. The zero-order valence-electron chi connectivity index (χ0n) is 18.4. The summed E-state index contributed by atoms with van der Waals surface area (Å²) < 4.78 is 11.7. The second-order valence-corrected chi connectivity index (χ2v) is 8.59. The summed E-state index contributed by atoms with van der Waals surface area (Å²) in [5, 5.41) is 0. The standard InChI is InChI=1S/C30H22O4/c31-27(33-29-23-13-5-1-9-19(23)20-10-2-6-14-24(20)29)17-18-28(32)34-30-25-15-7-3-11-21(25)22-12-4-8-16-26(22)30/h1-16,29-30H,17-18H2. The first kappa shape index (κ1) is 20.4. The molecule has 0 atom stereocenters. The predicted molar refractivity (Wildman–Crippen MR) is 129 cm³/mol. The van der Waals surface area contributed by atoms with Gasteiger partial charge in [0.1, 0.15) is 0 Å². The number of carbonyl (C=O) groups excluding carboxylic acids is 2. The molecular formula is C30H22O4. The second-order valence-electron chi connectivity index (χ2n) is 8.59. The molecule has 0 fully saturated rings. The molecule has 2 aliphatic rings. The molecule has 0 saturated carbocycles. The molecule has 0 unspecified atom stereocenters. The summed E-state index contributed by atoms with van der Waals surface area (Å²) in [6.45, 7) is 0. The van der Waals surface area contributed by atoms with Crippen molar-refractivity contribution in [3.63, 3.8) is 0 Å². The van der Waals surface area contributed by atoms with Gasteiger partial charge in [0.15, 0.2) is 12.2 Å². The molecule has 0 saturated heterocycles. The molecule has 4 aromatic carbocycles. The molecule has 0 amide bonds. The van der Waals surface area contributed by atoms with Crippen LogP contribution in [-0.2, 0) is 19.1 Å². The molecule has 4 nitrogen and oxygen atoms in total. The van der Waals surface area contributed by atoms with Gasteiger partial charge in [0, 0.05) is 22.3 Å². The van der Waals surface area contributed by atoms with E-state index in [1.165, 1.54) is 0 Å². The average molecular weight is 447 g/mol. The molecule has 0 aliphatic heterocycles. The number of hydrogen-bond acceptors (Lipinski definition) is 4. The van der Waals surface area contributed by atoms with Gasteiger partial charge >= 0.3 is 11.9 Å². The quantitative estimate of drug-likeness (QED) is 0.333. The molecule has 166 valence electrons. The molecule has 6 rings (SSSR count). The van der Waals surface area contributed by atoms with Crippen molar-refractivity contribution in [1.29, 1.82) is 0 Å². The van der Waals surface area contributed by atoms with Crippen molar-refractivity contribution in [1.82, 2.24) is 0 Å². The summed E-state index contributed by atoms with van der Waals surface area (Å²) in [4.78, 5) is 25.5. The van der Waals surface area contributed by atoms with Crippen LogP contribution in [0, 0.1) is 0 Å². The van der Waals surface area contributed by atoms with Crippen LogP contribution < -0.4 is 0 Å². The highest BCUT2D eigenvalue weighted by atomic mass is 16.6. The Kier molecular flexibility index (Phi) is 4.99. The third-order valence-electron chi connectivity index (χ3n) is 6.59. The molecule has 0 heterocycles. The molecular weight excluding hydrogens is 424 g/mol. The van der Waals surface area contributed by atoms with E-state index in [-0.39, 0.29) is 12.8 Å². The topological polar surface area (TPSA) is 52.6 Å². The molecule has 0 bridgehead atoms. The zero-order chi connectivity index (χ0) is 23.1. The van der Waals surface area contributed by atoms with Crippen LogP contribution in [0.4, 0.5) is 0 Å². The van der Waals surface area contributed by atoms with Crippen molar-refractivity contribution >= 4 is 11.9 Å². The van der Waals surface area contributed by atoms with Crippen LogP contribution in [0.15, 0.2) is 97.1 Å². The smallest absolute Gasteiger partial charge is 0.307 e. The van der Waals surface area contributed by atoms with Gasteiger partial charge in [-0.05, 0) is 22.3 Å². The Morgan fingerprint density at radius 1 is 0.471 bits per heavy atom. The summed E-state index contributed by atoms with van der Waals surface area (Å²) in [7, 11) is 0. The van der Waals surface area contributed by atoms with Crippen LogP contribution in [0.2, 0.25) is 0 Å². The maximum Gasteiger partial charge on any atom is 0.307 e. The summed E-state index contributed by atoms with van der Waals surface area (Å²) in [6, 6.07) is 31.8.